The number of rotatable bonds is 1. The minimum atomic E-state index is -0.726. The highest BCUT2D eigenvalue weighted by Crippen LogP contribution is 2.19. The van der Waals surface area contributed by atoms with Gasteiger partial charge in [-0.05, 0) is 12.1 Å². The first-order valence-electron chi connectivity index (χ1n) is 3.29. The van der Waals surface area contributed by atoms with Crippen molar-refractivity contribution < 1.29 is 4.79 Å². The second-order valence-corrected chi connectivity index (χ2v) is 3.32. The molecule has 2 amide bonds. The van der Waals surface area contributed by atoms with Crippen molar-refractivity contribution in [2.75, 3.05) is 4.42 Å². The van der Waals surface area contributed by atoms with Gasteiger partial charge in [-0.1, -0.05) is 18.2 Å². The minimum absolute atomic E-state index is 0.361. The number of hydrogen-bond acceptors (Lipinski definition) is 1. The van der Waals surface area contributed by atoms with Crippen molar-refractivity contribution in [2.24, 2.45) is 0 Å². The molecule has 0 aliphatic carbocycles. The van der Waals surface area contributed by atoms with E-state index in [-0.39, 0.29) is 0 Å². The Morgan fingerprint density at radius 1 is 1.08 bits per heavy atom. The first-order valence-corrected chi connectivity index (χ1v) is 4.31. The first-order chi connectivity index (χ1) is 6.13. The van der Waals surface area contributed by atoms with Crippen LogP contribution in [0.15, 0.2) is 30.3 Å². The number of urea groups is 1. The summed E-state index contributed by atoms with van der Waals surface area (Å²) in [5, 5.41) is 0. The zero-order chi connectivity index (χ0) is 9.84. The Balaban J connectivity index is 2.80. The van der Waals surface area contributed by atoms with Crippen molar-refractivity contribution in [3.05, 3.63) is 30.3 Å². The van der Waals surface area contributed by atoms with E-state index < -0.39 is 6.03 Å². The third kappa shape index (κ3) is 2.66. The van der Waals surface area contributed by atoms with Gasteiger partial charge in [0.2, 0.25) is 0 Å². The van der Waals surface area contributed by atoms with E-state index in [0.29, 0.717) is 9.63 Å². The van der Waals surface area contributed by atoms with E-state index in [4.69, 9.17) is 35.3 Å². The first kappa shape index (κ1) is 10.4. The van der Waals surface area contributed by atoms with Crippen LogP contribution >= 0.6 is 35.3 Å². The summed E-state index contributed by atoms with van der Waals surface area (Å²) in [5.74, 6) is 0. The summed E-state index contributed by atoms with van der Waals surface area (Å²) in [4.78, 5) is 11.1. The number of benzene rings is 1. The lowest BCUT2D eigenvalue weighted by Crippen LogP contribution is -2.26. The summed E-state index contributed by atoms with van der Waals surface area (Å²) in [7, 11) is 0. The third-order valence-electron chi connectivity index (χ3n) is 1.30. The molecular formula is C7H5Cl3N2O. The molecule has 0 heterocycles. The number of halogens is 3. The fraction of sp³-hybridized carbons (Fsp3) is 0. The van der Waals surface area contributed by atoms with Crippen LogP contribution in [0.1, 0.15) is 0 Å². The molecule has 1 rings (SSSR count). The van der Waals surface area contributed by atoms with Crippen LogP contribution in [0.2, 0.25) is 0 Å². The second-order valence-electron chi connectivity index (χ2n) is 2.13. The summed E-state index contributed by atoms with van der Waals surface area (Å²) in [6.45, 7) is 0. The van der Waals surface area contributed by atoms with Crippen molar-refractivity contribution in [1.82, 2.24) is 3.94 Å². The number of carbonyl (C=O) groups is 1. The average Bonchev–Trinajstić information content (AvgIpc) is 2.17. The molecule has 13 heavy (non-hydrogen) atoms. The van der Waals surface area contributed by atoms with Gasteiger partial charge in [0.25, 0.3) is 0 Å². The van der Waals surface area contributed by atoms with Gasteiger partial charge in [-0.3, -0.25) is 0 Å². The standard InChI is InChI=1S/C7H5Cl3N2O/c8-11(7(13)12(9)10)6-4-2-1-3-5-6/h1-5H. The molecule has 0 saturated carbocycles. The Hall–Kier alpha value is -0.640. The predicted octanol–water partition coefficient (Wildman–Crippen LogP) is 3.38. The zero-order valence-electron chi connectivity index (χ0n) is 6.32. The number of nitrogens with zero attached hydrogens (tertiary/aromatic N) is 2. The predicted molar refractivity (Wildman–Crippen MR) is 53.7 cm³/mol. The van der Waals surface area contributed by atoms with Crippen LogP contribution in [0.5, 0.6) is 0 Å². The molecule has 0 radical (unpaired) electrons. The maximum Gasteiger partial charge on any atom is 0.369 e. The van der Waals surface area contributed by atoms with E-state index in [2.05, 4.69) is 0 Å². The number of anilines is 1. The quantitative estimate of drug-likeness (QED) is 0.689. The Labute approximate surface area is 90.7 Å². The molecule has 70 valence electrons. The average molecular weight is 239 g/mol. The fourth-order valence-corrected chi connectivity index (χ4v) is 1.15. The molecule has 0 bridgehead atoms. The van der Waals surface area contributed by atoms with Crippen molar-refractivity contribution in [3.63, 3.8) is 0 Å². The van der Waals surface area contributed by atoms with E-state index >= 15 is 0 Å². The fourth-order valence-electron chi connectivity index (χ4n) is 0.736. The maximum absolute atomic E-state index is 11.1. The van der Waals surface area contributed by atoms with Gasteiger partial charge in [0.05, 0.1) is 5.69 Å². The van der Waals surface area contributed by atoms with Crippen LogP contribution in [-0.2, 0) is 0 Å². The summed E-state index contributed by atoms with van der Waals surface area (Å²) in [6.07, 6.45) is 0. The molecule has 3 nitrogen and oxygen atoms in total. The summed E-state index contributed by atoms with van der Waals surface area (Å²) in [5.41, 5.74) is 0.500. The monoisotopic (exact) mass is 238 g/mol. The van der Waals surface area contributed by atoms with Gasteiger partial charge in [0.15, 0.2) is 0 Å². The van der Waals surface area contributed by atoms with E-state index in [1.807, 2.05) is 0 Å². The second kappa shape index (κ2) is 4.56. The van der Waals surface area contributed by atoms with Gasteiger partial charge >= 0.3 is 6.03 Å². The van der Waals surface area contributed by atoms with Crippen molar-refractivity contribution in [2.45, 2.75) is 0 Å². The van der Waals surface area contributed by atoms with Crippen LogP contribution in [0, 0.1) is 0 Å². The van der Waals surface area contributed by atoms with Crippen LogP contribution in [0.4, 0.5) is 10.5 Å². The normalized spacial score (nSPS) is 9.46. The highest BCUT2D eigenvalue weighted by molar-refractivity contribution is 6.47. The van der Waals surface area contributed by atoms with E-state index in [1.165, 1.54) is 0 Å². The molecule has 0 atom stereocenters. The van der Waals surface area contributed by atoms with Gasteiger partial charge in [-0.2, -0.15) is 0 Å². The number of para-hydroxylation sites is 1. The summed E-state index contributed by atoms with van der Waals surface area (Å²) >= 11 is 16.0. The van der Waals surface area contributed by atoms with Gasteiger partial charge in [-0.15, -0.1) is 3.94 Å². The molecule has 6 heteroatoms. The lowest BCUT2D eigenvalue weighted by Gasteiger charge is -2.14. The Morgan fingerprint density at radius 3 is 2.08 bits per heavy atom. The van der Waals surface area contributed by atoms with Gasteiger partial charge < -0.3 is 0 Å². The van der Waals surface area contributed by atoms with Crippen LogP contribution in [0.25, 0.3) is 0 Å². The van der Waals surface area contributed by atoms with Crippen molar-refractivity contribution in [3.8, 4) is 0 Å². The van der Waals surface area contributed by atoms with Crippen LogP contribution in [-0.4, -0.2) is 9.97 Å². The molecule has 0 spiro atoms. The molecule has 0 N–H and O–H groups in total. The molecule has 0 aromatic heterocycles. The molecular weight excluding hydrogens is 234 g/mol. The lowest BCUT2D eigenvalue weighted by molar-refractivity contribution is 0.246. The molecule has 1 aromatic carbocycles. The van der Waals surface area contributed by atoms with Gasteiger partial charge in [-0.25, -0.2) is 9.21 Å². The molecule has 0 saturated heterocycles. The zero-order valence-corrected chi connectivity index (χ0v) is 8.59. The molecule has 1 aromatic rings. The van der Waals surface area contributed by atoms with E-state index in [1.54, 1.807) is 30.3 Å². The van der Waals surface area contributed by atoms with E-state index in [0.717, 1.165) is 4.42 Å². The van der Waals surface area contributed by atoms with Gasteiger partial charge in [0, 0.05) is 35.3 Å². The highest BCUT2D eigenvalue weighted by Gasteiger charge is 2.17. The summed E-state index contributed by atoms with van der Waals surface area (Å²) in [6, 6.07) is 7.87. The van der Waals surface area contributed by atoms with Crippen LogP contribution < -0.4 is 4.42 Å². The Morgan fingerprint density at radius 2 is 1.62 bits per heavy atom. The molecule has 0 fully saturated rings. The van der Waals surface area contributed by atoms with Crippen molar-refractivity contribution in [1.29, 1.82) is 0 Å². The Bertz CT molecular complexity index is 291. The van der Waals surface area contributed by atoms with E-state index in [9.17, 15) is 4.79 Å². The summed E-state index contributed by atoms with van der Waals surface area (Å²) < 4.78 is 1.18. The maximum atomic E-state index is 11.1. The highest BCUT2D eigenvalue weighted by atomic mass is 35.5. The number of hydrogen-bond donors (Lipinski definition) is 0. The van der Waals surface area contributed by atoms with Gasteiger partial charge in [0.1, 0.15) is 0 Å². The smallest absolute Gasteiger partial charge is 0.244 e. The topological polar surface area (TPSA) is 23.6 Å². The molecule has 0 aliphatic heterocycles. The molecule has 0 unspecified atom stereocenters. The number of carbonyl (C=O) groups excluding carboxylic acids is 1. The van der Waals surface area contributed by atoms with Crippen molar-refractivity contribution >= 4 is 47.0 Å². The van der Waals surface area contributed by atoms with Crippen LogP contribution in [0.3, 0.4) is 0 Å². The number of amides is 2. The Kier molecular flexibility index (Phi) is 3.66. The molecule has 0 aliphatic rings. The largest absolute Gasteiger partial charge is 0.369 e. The minimum Gasteiger partial charge on any atom is -0.244 e. The third-order valence-corrected chi connectivity index (χ3v) is 1.92. The lowest BCUT2D eigenvalue weighted by atomic mass is 10.3. The SMILES string of the molecule is O=C(N(Cl)Cl)N(Cl)c1ccccc1.